The molecule has 0 bridgehead atoms. The van der Waals surface area contributed by atoms with Crippen molar-refractivity contribution < 1.29 is 9.59 Å². The SMILES string of the molecule is CNc1ncccc1C(=O)NC(C)C(=O)NC1CC1. The molecule has 0 radical (unpaired) electrons. The monoisotopic (exact) mass is 262 g/mol. The van der Waals surface area contributed by atoms with Crippen LogP contribution >= 0.6 is 0 Å². The number of anilines is 1. The lowest BCUT2D eigenvalue weighted by atomic mass is 10.2. The smallest absolute Gasteiger partial charge is 0.255 e. The first-order valence-corrected chi connectivity index (χ1v) is 6.36. The maximum absolute atomic E-state index is 12.1. The summed E-state index contributed by atoms with van der Waals surface area (Å²) in [5.74, 6) is 0.0384. The van der Waals surface area contributed by atoms with Crippen LogP contribution < -0.4 is 16.0 Å². The second-order valence-corrected chi connectivity index (χ2v) is 4.63. The van der Waals surface area contributed by atoms with E-state index in [0.29, 0.717) is 11.4 Å². The number of pyridine rings is 1. The van der Waals surface area contributed by atoms with E-state index in [1.54, 1.807) is 32.3 Å². The van der Waals surface area contributed by atoms with E-state index in [4.69, 9.17) is 0 Å². The molecular weight excluding hydrogens is 244 g/mol. The molecule has 0 aromatic carbocycles. The Morgan fingerprint density at radius 1 is 1.42 bits per heavy atom. The van der Waals surface area contributed by atoms with Crippen LogP contribution in [-0.2, 0) is 4.79 Å². The average molecular weight is 262 g/mol. The number of aromatic nitrogens is 1. The Balaban J connectivity index is 1.97. The predicted molar refractivity (Wildman–Crippen MR) is 71.9 cm³/mol. The molecule has 1 aromatic heterocycles. The van der Waals surface area contributed by atoms with Gasteiger partial charge in [0.2, 0.25) is 5.91 Å². The number of hydrogen-bond donors (Lipinski definition) is 3. The summed E-state index contributed by atoms with van der Waals surface area (Å²) in [6.07, 6.45) is 3.66. The lowest BCUT2D eigenvalue weighted by molar-refractivity contribution is -0.122. The molecule has 1 heterocycles. The van der Waals surface area contributed by atoms with Crippen LogP contribution in [0.1, 0.15) is 30.1 Å². The maximum atomic E-state index is 12.1. The summed E-state index contributed by atoms with van der Waals surface area (Å²) >= 11 is 0. The van der Waals surface area contributed by atoms with Crippen LogP contribution in [0.2, 0.25) is 0 Å². The van der Waals surface area contributed by atoms with Gasteiger partial charge in [-0.05, 0) is 31.9 Å². The highest BCUT2D eigenvalue weighted by Crippen LogP contribution is 2.18. The second-order valence-electron chi connectivity index (χ2n) is 4.63. The fourth-order valence-corrected chi connectivity index (χ4v) is 1.68. The van der Waals surface area contributed by atoms with Crippen LogP contribution in [0.15, 0.2) is 18.3 Å². The highest BCUT2D eigenvalue weighted by atomic mass is 16.2. The predicted octanol–water partition coefficient (Wildman–Crippen LogP) is 0.520. The summed E-state index contributed by atoms with van der Waals surface area (Å²) < 4.78 is 0. The highest BCUT2D eigenvalue weighted by molar-refractivity contribution is 6.01. The molecule has 6 heteroatoms. The van der Waals surface area contributed by atoms with Gasteiger partial charge in [-0.15, -0.1) is 0 Å². The minimum atomic E-state index is -0.557. The molecule has 1 saturated carbocycles. The van der Waals surface area contributed by atoms with Crippen LogP contribution in [0.4, 0.5) is 5.82 Å². The molecule has 19 heavy (non-hydrogen) atoms. The Morgan fingerprint density at radius 3 is 2.79 bits per heavy atom. The van der Waals surface area contributed by atoms with Gasteiger partial charge in [0.15, 0.2) is 0 Å². The number of amides is 2. The third kappa shape index (κ3) is 3.43. The number of carbonyl (C=O) groups excluding carboxylic acids is 2. The molecule has 1 aliphatic rings. The summed E-state index contributed by atoms with van der Waals surface area (Å²) in [4.78, 5) is 27.9. The molecule has 2 rings (SSSR count). The summed E-state index contributed by atoms with van der Waals surface area (Å²) in [5, 5.41) is 8.38. The largest absolute Gasteiger partial charge is 0.372 e. The molecule has 0 aliphatic heterocycles. The number of nitrogens with one attached hydrogen (secondary N) is 3. The van der Waals surface area contributed by atoms with Crippen molar-refractivity contribution >= 4 is 17.6 Å². The fraction of sp³-hybridized carbons (Fsp3) is 0.462. The Morgan fingerprint density at radius 2 is 2.16 bits per heavy atom. The van der Waals surface area contributed by atoms with Crippen LogP contribution in [0.3, 0.4) is 0 Å². The van der Waals surface area contributed by atoms with Crippen molar-refractivity contribution in [2.45, 2.75) is 31.8 Å². The molecule has 1 unspecified atom stereocenters. The summed E-state index contributed by atoms with van der Waals surface area (Å²) in [6.45, 7) is 1.67. The molecule has 1 fully saturated rings. The van der Waals surface area contributed by atoms with Crippen molar-refractivity contribution in [1.29, 1.82) is 0 Å². The first-order valence-electron chi connectivity index (χ1n) is 6.36. The molecule has 102 valence electrons. The van der Waals surface area contributed by atoms with Gasteiger partial charge >= 0.3 is 0 Å². The standard InChI is InChI=1S/C13H18N4O2/c1-8(12(18)17-9-5-6-9)16-13(19)10-4-3-7-15-11(10)14-2/h3-4,7-9H,5-6H2,1-2H3,(H,14,15)(H,16,19)(H,17,18). The first-order chi connectivity index (χ1) is 9.11. The van der Waals surface area contributed by atoms with Gasteiger partial charge in [-0.2, -0.15) is 0 Å². The molecule has 1 atom stereocenters. The summed E-state index contributed by atoms with van der Waals surface area (Å²) in [5.41, 5.74) is 0.427. The van der Waals surface area contributed by atoms with E-state index in [0.717, 1.165) is 12.8 Å². The van der Waals surface area contributed by atoms with E-state index >= 15 is 0 Å². The van der Waals surface area contributed by atoms with Crippen LogP contribution in [0, 0.1) is 0 Å². The van der Waals surface area contributed by atoms with E-state index in [1.807, 2.05) is 0 Å². The third-order valence-electron chi connectivity index (χ3n) is 2.95. The minimum Gasteiger partial charge on any atom is -0.372 e. The number of carbonyl (C=O) groups is 2. The molecule has 3 N–H and O–H groups in total. The number of hydrogen-bond acceptors (Lipinski definition) is 4. The molecule has 0 spiro atoms. The van der Waals surface area contributed by atoms with E-state index in [-0.39, 0.29) is 17.9 Å². The van der Waals surface area contributed by atoms with Gasteiger partial charge in [0, 0.05) is 19.3 Å². The minimum absolute atomic E-state index is 0.147. The quantitative estimate of drug-likeness (QED) is 0.722. The van der Waals surface area contributed by atoms with E-state index in [9.17, 15) is 9.59 Å². The zero-order chi connectivity index (χ0) is 13.8. The molecule has 2 amide bonds. The zero-order valence-corrected chi connectivity index (χ0v) is 11.1. The van der Waals surface area contributed by atoms with Crippen molar-refractivity contribution in [3.05, 3.63) is 23.9 Å². The molecule has 1 aromatic rings. The maximum Gasteiger partial charge on any atom is 0.255 e. The van der Waals surface area contributed by atoms with Gasteiger partial charge in [0.1, 0.15) is 11.9 Å². The first kappa shape index (κ1) is 13.3. The lowest BCUT2D eigenvalue weighted by Gasteiger charge is -2.14. The van der Waals surface area contributed by atoms with Gasteiger partial charge in [0.25, 0.3) is 5.91 Å². The Kier molecular flexibility index (Phi) is 3.99. The normalized spacial score (nSPS) is 15.5. The van der Waals surface area contributed by atoms with Gasteiger partial charge in [-0.3, -0.25) is 9.59 Å². The second kappa shape index (κ2) is 5.69. The van der Waals surface area contributed by atoms with E-state index in [2.05, 4.69) is 20.9 Å². The van der Waals surface area contributed by atoms with Crippen molar-refractivity contribution in [2.75, 3.05) is 12.4 Å². The molecule has 0 saturated heterocycles. The molecule has 1 aliphatic carbocycles. The average Bonchev–Trinajstić information content (AvgIpc) is 3.22. The van der Waals surface area contributed by atoms with Gasteiger partial charge < -0.3 is 16.0 Å². The van der Waals surface area contributed by atoms with Crippen molar-refractivity contribution in [3.63, 3.8) is 0 Å². The molecule has 6 nitrogen and oxygen atoms in total. The van der Waals surface area contributed by atoms with Gasteiger partial charge in [-0.1, -0.05) is 0 Å². The topological polar surface area (TPSA) is 83.1 Å². The highest BCUT2D eigenvalue weighted by Gasteiger charge is 2.26. The fourth-order valence-electron chi connectivity index (χ4n) is 1.68. The van der Waals surface area contributed by atoms with Gasteiger partial charge in [0.05, 0.1) is 5.56 Å². The van der Waals surface area contributed by atoms with Crippen LogP contribution in [0.5, 0.6) is 0 Å². The zero-order valence-electron chi connectivity index (χ0n) is 11.1. The summed E-state index contributed by atoms with van der Waals surface area (Å²) in [6, 6.07) is 3.08. The van der Waals surface area contributed by atoms with Gasteiger partial charge in [-0.25, -0.2) is 4.98 Å². The van der Waals surface area contributed by atoms with E-state index in [1.165, 1.54) is 0 Å². The lowest BCUT2D eigenvalue weighted by Crippen LogP contribution is -2.45. The molecular formula is C13H18N4O2. The Bertz CT molecular complexity index is 485. The van der Waals surface area contributed by atoms with Crippen molar-refractivity contribution in [2.24, 2.45) is 0 Å². The van der Waals surface area contributed by atoms with Crippen LogP contribution in [0.25, 0.3) is 0 Å². The number of nitrogens with zero attached hydrogens (tertiary/aromatic N) is 1. The number of rotatable bonds is 5. The Hall–Kier alpha value is -2.11. The van der Waals surface area contributed by atoms with Crippen molar-refractivity contribution in [1.82, 2.24) is 15.6 Å². The third-order valence-corrected chi connectivity index (χ3v) is 2.95. The van der Waals surface area contributed by atoms with Crippen LogP contribution in [-0.4, -0.2) is 35.9 Å². The Labute approximate surface area is 112 Å². The van der Waals surface area contributed by atoms with Crippen molar-refractivity contribution in [3.8, 4) is 0 Å². The van der Waals surface area contributed by atoms with E-state index < -0.39 is 6.04 Å². The summed E-state index contributed by atoms with van der Waals surface area (Å²) in [7, 11) is 1.70.